The van der Waals surface area contributed by atoms with Gasteiger partial charge in [-0.25, -0.2) is 0 Å². The monoisotopic (exact) mass is 414 g/mol. The second-order valence-electron chi connectivity index (χ2n) is 7.47. The Labute approximate surface area is 151 Å². The van der Waals surface area contributed by atoms with E-state index in [2.05, 4.69) is 97.2 Å². The van der Waals surface area contributed by atoms with Gasteiger partial charge in [0.05, 0.1) is 0 Å². The first-order valence-electron chi connectivity index (χ1n) is 9.32. The van der Waals surface area contributed by atoms with E-state index in [9.17, 15) is 0 Å². The molecule has 0 aromatic rings. The summed E-state index contributed by atoms with van der Waals surface area (Å²) in [6.45, 7) is 25.7. The number of hydrogen-bond acceptors (Lipinski definition) is 4. The van der Waals surface area contributed by atoms with E-state index in [1.807, 2.05) is 0 Å². The fraction of sp³-hybridized carbons (Fsp3) is 1.00. The van der Waals surface area contributed by atoms with E-state index in [0.29, 0.717) is 24.2 Å². The Morgan fingerprint density at radius 3 is 0.913 bits per heavy atom. The van der Waals surface area contributed by atoms with Gasteiger partial charge in [0.25, 0.3) is 0 Å². The summed E-state index contributed by atoms with van der Waals surface area (Å²) in [4.78, 5) is 0. The van der Waals surface area contributed by atoms with Crippen LogP contribution in [0.5, 0.6) is 0 Å². The summed E-state index contributed by atoms with van der Waals surface area (Å²) in [6.07, 6.45) is 0. The quantitative estimate of drug-likeness (QED) is 0.504. The van der Waals surface area contributed by atoms with Crippen LogP contribution in [-0.4, -0.2) is 65.2 Å². The predicted octanol–water partition coefficient (Wildman–Crippen LogP) is 3.94. The maximum atomic E-state index is 2.86. The summed E-state index contributed by atoms with van der Waals surface area (Å²) in [5.74, 6) is 0. The van der Waals surface area contributed by atoms with Crippen LogP contribution in [0.4, 0.5) is 0 Å². The second-order valence-corrected chi connectivity index (χ2v) is 15.0. The summed E-state index contributed by atoms with van der Waals surface area (Å²) in [6, 6.07) is 2.16. The normalized spacial score (nSPS) is 14.8. The zero-order chi connectivity index (χ0) is 18.5. The van der Waals surface area contributed by atoms with Crippen LogP contribution in [0.3, 0.4) is 0 Å². The molecule has 5 heteroatoms. The Morgan fingerprint density at radius 2 is 0.783 bits per heavy atom. The number of rotatable bonds is 10. The van der Waals surface area contributed by atoms with Crippen LogP contribution in [0, 0.1) is 0 Å². The topological polar surface area (TPSA) is 13.0 Å². The van der Waals surface area contributed by atoms with Gasteiger partial charge in [0, 0.05) is 0 Å². The zero-order valence-electron chi connectivity index (χ0n) is 17.9. The Hall–Kier alpha value is 0.528. The fourth-order valence-corrected chi connectivity index (χ4v) is 15.8. The van der Waals surface area contributed by atoms with Gasteiger partial charge in [-0.1, -0.05) is 0 Å². The molecule has 0 amide bonds. The molecule has 0 rings (SSSR count). The van der Waals surface area contributed by atoms with Gasteiger partial charge in [0.1, 0.15) is 0 Å². The van der Waals surface area contributed by atoms with Crippen LogP contribution >= 0.6 is 0 Å². The van der Waals surface area contributed by atoms with Gasteiger partial charge in [0.15, 0.2) is 0 Å². The van der Waals surface area contributed by atoms with E-state index in [1.54, 1.807) is 0 Å². The van der Waals surface area contributed by atoms with Crippen LogP contribution in [0.15, 0.2) is 0 Å². The van der Waals surface area contributed by atoms with Crippen LogP contribution < -0.4 is 0 Å². The molecule has 0 spiro atoms. The van der Waals surface area contributed by atoms with Crippen molar-refractivity contribution >= 4 is 0 Å². The van der Waals surface area contributed by atoms with Crippen molar-refractivity contribution in [1.29, 1.82) is 0 Å². The molecule has 4 nitrogen and oxygen atoms in total. The molecule has 0 aliphatic heterocycles. The second kappa shape index (κ2) is 9.87. The SMILES string of the molecule is CC[N](C)[Mo]([N](C)CC)([N](C(C)C)C(C)C)[N](C(C)C)C(C)C. The molecular weight excluding hydrogens is 368 g/mol. The predicted molar refractivity (Wildman–Crippen MR) is 101 cm³/mol. The summed E-state index contributed by atoms with van der Waals surface area (Å²) in [7, 11) is 4.70. The van der Waals surface area contributed by atoms with E-state index in [4.69, 9.17) is 0 Å². The first-order valence-corrected chi connectivity index (χ1v) is 12.9. The summed E-state index contributed by atoms with van der Waals surface area (Å²) < 4.78 is 11.1. The van der Waals surface area contributed by atoms with Crippen molar-refractivity contribution in [2.75, 3.05) is 27.2 Å². The maximum absolute atomic E-state index is 2.90. The molecule has 0 aliphatic rings. The number of nitrogens with zero attached hydrogens (tertiary/aromatic N) is 4. The molecule has 0 heterocycles. The molecule has 142 valence electrons. The molecule has 0 bridgehead atoms. The molecule has 0 fully saturated rings. The molecule has 0 saturated carbocycles. The third-order valence-electron chi connectivity index (χ3n) is 4.33. The van der Waals surface area contributed by atoms with E-state index < -0.39 is 17.1 Å². The first kappa shape index (κ1) is 23.5. The Morgan fingerprint density at radius 1 is 0.565 bits per heavy atom. The van der Waals surface area contributed by atoms with Crippen molar-refractivity contribution in [3.63, 3.8) is 0 Å². The van der Waals surface area contributed by atoms with E-state index >= 15 is 0 Å². The van der Waals surface area contributed by atoms with Gasteiger partial charge in [-0.2, -0.15) is 0 Å². The van der Waals surface area contributed by atoms with Gasteiger partial charge < -0.3 is 0 Å². The van der Waals surface area contributed by atoms with Crippen LogP contribution in [0.2, 0.25) is 0 Å². The molecule has 0 aliphatic carbocycles. The molecule has 0 radical (unpaired) electrons. The zero-order valence-corrected chi connectivity index (χ0v) is 19.9. The van der Waals surface area contributed by atoms with Gasteiger partial charge in [-0.05, 0) is 0 Å². The Kier molecular flexibility index (Phi) is 10.1. The molecule has 0 atom stereocenters. The average molecular weight is 413 g/mol. The molecule has 0 N–H and O–H groups in total. The van der Waals surface area contributed by atoms with Crippen molar-refractivity contribution in [1.82, 2.24) is 13.8 Å². The Bertz CT molecular complexity index is 283. The average Bonchev–Trinajstić information content (AvgIpc) is 2.42. The van der Waals surface area contributed by atoms with Crippen molar-refractivity contribution in [2.45, 2.75) is 93.4 Å². The fourth-order valence-electron chi connectivity index (χ4n) is 3.66. The van der Waals surface area contributed by atoms with Gasteiger partial charge in [0.2, 0.25) is 0 Å². The summed E-state index contributed by atoms with van der Waals surface area (Å²) >= 11 is -2.90. The minimum atomic E-state index is -2.90. The first-order chi connectivity index (χ1) is 10.5. The van der Waals surface area contributed by atoms with Gasteiger partial charge >= 0.3 is 151 Å². The molecule has 0 unspecified atom stereocenters. The summed E-state index contributed by atoms with van der Waals surface area (Å²) in [5.41, 5.74) is 0. The molecule has 0 aromatic carbocycles. The minimum absolute atomic E-state index is 0.541. The molecule has 23 heavy (non-hydrogen) atoms. The third kappa shape index (κ3) is 4.79. The van der Waals surface area contributed by atoms with Crippen LogP contribution in [-0.2, 0) is 17.1 Å². The summed E-state index contributed by atoms with van der Waals surface area (Å²) in [5, 5.41) is 0. The molecular formula is C18H44MoN4. The van der Waals surface area contributed by atoms with Crippen molar-refractivity contribution in [3.05, 3.63) is 0 Å². The Balaban J connectivity index is 6.60. The standard InChI is InChI=1S/2C6H14N.2C3H8N.Mo/c2*1-5(2)7-6(3)4;2*1-3-4-2;/h2*5-6H,1-4H3;2*3H2,1-2H3;/q4*-1;+4. The van der Waals surface area contributed by atoms with Crippen molar-refractivity contribution in [3.8, 4) is 0 Å². The number of hydrogen-bond donors (Lipinski definition) is 0. The van der Waals surface area contributed by atoms with E-state index in [-0.39, 0.29) is 0 Å². The van der Waals surface area contributed by atoms with Crippen LogP contribution in [0.25, 0.3) is 0 Å². The van der Waals surface area contributed by atoms with E-state index in [0.717, 1.165) is 13.1 Å². The molecule has 0 aromatic heterocycles. The van der Waals surface area contributed by atoms with E-state index in [1.165, 1.54) is 0 Å². The molecule has 0 saturated heterocycles. The third-order valence-corrected chi connectivity index (χ3v) is 16.6. The van der Waals surface area contributed by atoms with Crippen molar-refractivity contribution in [2.24, 2.45) is 0 Å². The van der Waals surface area contributed by atoms with Gasteiger partial charge in [-0.15, -0.1) is 0 Å². The van der Waals surface area contributed by atoms with Crippen LogP contribution in [0.1, 0.15) is 69.2 Å². The van der Waals surface area contributed by atoms with Crippen molar-refractivity contribution < 1.29 is 17.1 Å². The van der Waals surface area contributed by atoms with Gasteiger partial charge in [-0.3, -0.25) is 0 Å².